The summed E-state index contributed by atoms with van der Waals surface area (Å²) in [5.74, 6) is 1.52. The molecule has 0 spiro atoms. The average Bonchev–Trinajstić information content (AvgIpc) is 2.35. The van der Waals surface area contributed by atoms with Crippen molar-refractivity contribution in [2.45, 2.75) is 34.1 Å². The number of methoxy groups -OCH3 is 1. The molecule has 19 heavy (non-hydrogen) atoms. The monoisotopic (exact) mass is 327 g/mol. The molecule has 0 aromatic heterocycles. The highest BCUT2D eigenvalue weighted by molar-refractivity contribution is 9.10. The van der Waals surface area contributed by atoms with E-state index in [1.165, 1.54) is 10.0 Å². The van der Waals surface area contributed by atoms with E-state index >= 15 is 0 Å². The molecule has 0 aliphatic carbocycles. The average molecular weight is 328 g/mol. The van der Waals surface area contributed by atoms with Crippen LogP contribution in [0.1, 0.15) is 33.3 Å². The molecular formula is C16H26BrNO. The van der Waals surface area contributed by atoms with Gasteiger partial charge in [-0.15, -0.1) is 0 Å². The zero-order valence-corrected chi connectivity index (χ0v) is 14.3. The Morgan fingerprint density at radius 3 is 2.53 bits per heavy atom. The Hall–Kier alpha value is -0.540. The van der Waals surface area contributed by atoms with Gasteiger partial charge in [-0.2, -0.15) is 0 Å². The lowest BCUT2D eigenvalue weighted by atomic mass is 9.77. The van der Waals surface area contributed by atoms with Crippen molar-refractivity contribution in [3.8, 4) is 5.75 Å². The van der Waals surface area contributed by atoms with Crippen LogP contribution in [0.2, 0.25) is 0 Å². The summed E-state index contributed by atoms with van der Waals surface area (Å²) in [6, 6.07) is 6.19. The van der Waals surface area contributed by atoms with E-state index < -0.39 is 0 Å². The molecule has 1 aromatic carbocycles. The highest BCUT2D eigenvalue weighted by Crippen LogP contribution is 2.32. The quantitative estimate of drug-likeness (QED) is 0.842. The maximum Gasteiger partial charge on any atom is 0.119 e. The Balaban J connectivity index is 2.89. The van der Waals surface area contributed by atoms with Gasteiger partial charge in [0.2, 0.25) is 0 Å². The third-order valence-corrected chi connectivity index (χ3v) is 4.36. The molecule has 1 atom stereocenters. The van der Waals surface area contributed by atoms with Crippen molar-refractivity contribution >= 4 is 15.9 Å². The van der Waals surface area contributed by atoms with Gasteiger partial charge in [-0.1, -0.05) is 43.6 Å². The SMILES string of the molecule is CCNCC(Cc1cc(OC)ccc1Br)C(C)(C)C. The van der Waals surface area contributed by atoms with Crippen LogP contribution in [0.5, 0.6) is 5.75 Å². The van der Waals surface area contributed by atoms with Crippen LogP contribution in [-0.2, 0) is 6.42 Å². The number of halogens is 1. The predicted molar refractivity (Wildman–Crippen MR) is 85.9 cm³/mol. The molecule has 0 saturated heterocycles. The number of rotatable bonds is 6. The Morgan fingerprint density at radius 1 is 1.32 bits per heavy atom. The van der Waals surface area contributed by atoms with Crippen LogP contribution in [0, 0.1) is 11.3 Å². The van der Waals surface area contributed by atoms with Crippen molar-refractivity contribution in [3.05, 3.63) is 28.2 Å². The number of benzene rings is 1. The first-order chi connectivity index (χ1) is 8.88. The van der Waals surface area contributed by atoms with E-state index in [1.54, 1.807) is 7.11 Å². The second kappa shape index (κ2) is 7.30. The third kappa shape index (κ3) is 5.15. The van der Waals surface area contributed by atoms with Crippen LogP contribution < -0.4 is 10.1 Å². The summed E-state index contributed by atoms with van der Waals surface area (Å²) in [5.41, 5.74) is 1.60. The maximum atomic E-state index is 5.32. The maximum absolute atomic E-state index is 5.32. The van der Waals surface area contributed by atoms with E-state index in [0.29, 0.717) is 5.92 Å². The minimum Gasteiger partial charge on any atom is -0.497 e. The number of hydrogen-bond acceptors (Lipinski definition) is 2. The highest BCUT2D eigenvalue weighted by atomic mass is 79.9. The summed E-state index contributed by atoms with van der Waals surface area (Å²) in [6.07, 6.45) is 1.05. The highest BCUT2D eigenvalue weighted by Gasteiger charge is 2.25. The minimum absolute atomic E-state index is 0.282. The second-order valence-corrected chi connectivity index (χ2v) is 6.89. The second-order valence-electron chi connectivity index (χ2n) is 6.03. The molecule has 0 radical (unpaired) electrons. The largest absolute Gasteiger partial charge is 0.497 e. The van der Waals surface area contributed by atoms with E-state index in [-0.39, 0.29) is 5.41 Å². The molecule has 0 aliphatic rings. The van der Waals surface area contributed by atoms with Crippen molar-refractivity contribution in [2.75, 3.05) is 20.2 Å². The molecule has 0 bridgehead atoms. The lowest BCUT2D eigenvalue weighted by Gasteiger charge is -2.31. The molecule has 0 aliphatic heterocycles. The zero-order valence-electron chi connectivity index (χ0n) is 12.7. The van der Waals surface area contributed by atoms with E-state index in [9.17, 15) is 0 Å². The first-order valence-electron chi connectivity index (χ1n) is 6.91. The van der Waals surface area contributed by atoms with Crippen LogP contribution in [-0.4, -0.2) is 20.2 Å². The summed E-state index contributed by atoms with van der Waals surface area (Å²) in [7, 11) is 1.72. The minimum atomic E-state index is 0.282. The topological polar surface area (TPSA) is 21.3 Å². The van der Waals surface area contributed by atoms with Gasteiger partial charge in [0.25, 0.3) is 0 Å². The summed E-state index contributed by atoms with van der Waals surface area (Å²) in [6.45, 7) is 11.1. The van der Waals surface area contributed by atoms with Crippen LogP contribution >= 0.6 is 15.9 Å². The van der Waals surface area contributed by atoms with Crippen LogP contribution in [0.3, 0.4) is 0 Å². The molecule has 1 rings (SSSR count). The van der Waals surface area contributed by atoms with Gasteiger partial charge in [-0.05, 0) is 54.6 Å². The molecule has 1 unspecified atom stereocenters. The van der Waals surface area contributed by atoms with Crippen molar-refractivity contribution in [2.24, 2.45) is 11.3 Å². The van der Waals surface area contributed by atoms with Gasteiger partial charge in [-0.3, -0.25) is 0 Å². The van der Waals surface area contributed by atoms with Gasteiger partial charge >= 0.3 is 0 Å². The summed E-state index contributed by atoms with van der Waals surface area (Å²) >= 11 is 3.65. The summed E-state index contributed by atoms with van der Waals surface area (Å²) in [5, 5.41) is 3.48. The van der Waals surface area contributed by atoms with Crippen molar-refractivity contribution in [3.63, 3.8) is 0 Å². The molecule has 0 fully saturated rings. The first-order valence-corrected chi connectivity index (χ1v) is 7.71. The van der Waals surface area contributed by atoms with Crippen LogP contribution in [0.25, 0.3) is 0 Å². The molecule has 0 saturated carbocycles. The van der Waals surface area contributed by atoms with E-state index in [4.69, 9.17) is 4.74 Å². The van der Waals surface area contributed by atoms with Crippen molar-refractivity contribution < 1.29 is 4.74 Å². The van der Waals surface area contributed by atoms with Gasteiger partial charge < -0.3 is 10.1 Å². The van der Waals surface area contributed by atoms with E-state index in [1.807, 2.05) is 6.07 Å². The van der Waals surface area contributed by atoms with Crippen LogP contribution in [0.4, 0.5) is 0 Å². The first kappa shape index (κ1) is 16.5. The van der Waals surface area contributed by atoms with Crippen LogP contribution in [0.15, 0.2) is 22.7 Å². The number of hydrogen-bond donors (Lipinski definition) is 1. The fraction of sp³-hybridized carbons (Fsp3) is 0.625. The molecular weight excluding hydrogens is 302 g/mol. The van der Waals surface area contributed by atoms with Crippen molar-refractivity contribution in [1.82, 2.24) is 5.32 Å². The van der Waals surface area contributed by atoms with Gasteiger partial charge in [-0.25, -0.2) is 0 Å². The molecule has 0 amide bonds. The van der Waals surface area contributed by atoms with E-state index in [2.05, 4.69) is 61.1 Å². The Kier molecular flexibility index (Phi) is 6.34. The Bertz CT molecular complexity index is 398. The fourth-order valence-corrected chi connectivity index (χ4v) is 2.51. The van der Waals surface area contributed by atoms with Gasteiger partial charge in [0.05, 0.1) is 7.11 Å². The van der Waals surface area contributed by atoms with E-state index in [0.717, 1.165) is 25.3 Å². The third-order valence-electron chi connectivity index (χ3n) is 3.58. The molecule has 1 N–H and O–H groups in total. The Labute approximate surface area is 126 Å². The summed E-state index contributed by atoms with van der Waals surface area (Å²) < 4.78 is 6.49. The molecule has 1 aromatic rings. The normalized spacial score (nSPS) is 13.4. The van der Waals surface area contributed by atoms with Gasteiger partial charge in [0.15, 0.2) is 0 Å². The molecule has 3 heteroatoms. The fourth-order valence-electron chi connectivity index (χ4n) is 2.10. The van der Waals surface area contributed by atoms with Crippen molar-refractivity contribution in [1.29, 1.82) is 0 Å². The lowest BCUT2D eigenvalue weighted by Crippen LogP contribution is -2.33. The lowest BCUT2D eigenvalue weighted by molar-refractivity contribution is 0.231. The Morgan fingerprint density at radius 2 is 2.00 bits per heavy atom. The van der Waals surface area contributed by atoms with Gasteiger partial charge in [0, 0.05) is 4.47 Å². The standard InChI is InChI=1S/C16H26BrNO/c1-6-18-11-13(16(2,3)4)9-12-10-14(19-5)7-8-15(12)17/h7-8,10,13,18H,6,9,11H2,1-5H3. The zero-order chi connectivity index (χ0) is 14.5. The number of ether oxygens (including phenoxy) is 1. The number of nitrogens with one attached hydrogen (secondary N) is 1. The summed E-state index contributed by atoms with van der Waals surface area (Å²) in [4.78, 5) is 0. The molecule has 2 nitrogen and oxygen atoms in total. The smallest absolute Gasteiger partial charge is 0.119 e. The van der Waals surface area contributed by atoms with Gasteiger partial charge in [0.1, 0.15) is 5.75 Å². The molecule has 0 heterocycles. The molecule has 108 valence electrons. The predicted octanol–water partition coefficient (Wildman–Crippen LogP) is 4.27.